The minimum absolute atomic E-state index is 0.00357. The molecular formula is C19H30N6O4S. The fraction of sp³-hybridized carbons (Fsp3) is 0.579. The van der Waals surface area contributed by atoms with Crippen molar-refractivity contribution >= 4 is 28.2 Å². The van der Waals surface area contributed by atoms with Crippen molar-refractivity contribution in [2.45, 2.75) is 58.8 Å². The van der Waals surface area contributed by atoms with E-state index in [0.29, 0.717) is 37.2 Å². The molecule has 2 heterocycles. The number of urea groups is 1. The number of nitrogens with one attached hydrogen (secondary N) is 4. The fourth-order valence-corrected chi connectivity index (χ4v) is 3.43. The highest BCUT2D eigenvalue weighted by Crippen LogP contribution is 2.27. The number of rotatable bonds is 4. The highest BCUT2D eigenvalue weighted by atomic mass is 32.2. The van der Waals surface area contributed by atoms with Gasteiger partial charge < -0.3 is 15.5 Å². The number of hydrogen-bond donors (Lipinski definition) is 4. The molecule has 0 radical (unpaired) electrons. The number of hydrogen-bond acceptors (Lipinski definition) is 8. The molecule has 30 heavy (non-hydrogen) atoms. The van der Waals surface area contributed by atoms with Crippen molar-refractivity contribution in [1.82, 2.24) is 20.0 Å². The van der Waals surface area contributed by atoms with E-state index in [2.05, 4.69) is 20.6 Å². The maximum Gasteiger partial charge on any atom is 0.335 e. The van der Waals surface area contributed by atoms with Crippen molar-refractivity contribution in [1.29, 1.82) is 5.41 Å². The fourth-order valence-electron chi connectivity index (χ4n) is 2.50. The maximum atomic E-state index is 12.6. The molecule has 0 aliphatic carbocycles. The van der Waals surface area contributed by atoms with Crippen molar-refractivity contribution < 1.29 is 17.9 Å². The van der Waals surface area contributed by atoms with Gasteiger partial charge in [0.05, 0.1) is 18.0 Å². The van der Waals surface area contributed by atoms with E-state index in [4.69, 9.17) is 10.1 Å². The van der Waals surface area contributed by atoms with Gasteiger partial charge in [-0.3, -0.25) is 5.32 Å². The van der Waals surface area contributed by atoms with Gasteiger partial charge >= 0.3 is 6.03 Å². The molecule has 0 unspecified atom stereocenters. The molecule has 0 bridgehead atoms. The molecule has 0 aromatic carbocycles. The first kappa shape index (κ1) is 23.6. The van der Waals surface area contributed by atoms with Gasteiger partial charge in [0.1, 0.15) is 0 Å². The number of anilines is 1. The molecule has 1 saturated heterocycles. The Hall–Kier alpha value is -2.69. The molecule has 0 saturated carbocycles. The molecule has 4 N–H and O–H groups in total. The van der Waals surface area contributed by atoms with E-state index in [9.17, 15) is 13.2 Å². The Balaban J connectivity index is 2.30. The van der Waals surface area contributed by atoms with Crippen molar-refractivity contribution in [3.63, 3.8) is 0 Å². The summed E-state index contributed by atoms with van der Waals surface area (Å²) in [6.07, 6.45) is 1.33. The first-order valence-corrected chi connectivity index (χ1v) is 11.1. The van der Waals surface area contributed by atoms with Crippen LogP contribution in [0.25, 0.3) is 0 Å². The molecule has 1 fully saturated rings. The molecule has 0 atom stereocenters. The monoisotopic (exact) mass is 438 g/mol. The second kappa shape index (κ2) is 8.58. The second-order valence-electron chi connectivity index (χ2n) is 8.99. The Morgan fingerprint density at radius 2 is 1.73 bits per heavy atom. The van der Waals surface area contributed by atoms with Crippen molar-refractivity contribution in [2.75, 3.05) is 18.5 Å². The quantitative estimate of drug-likeness (QED) is 0.528. The standard InChI is InChI=1S/C19H30N6O4S/c1-18(2,3)13-10-14(19(4,5)6)23-16(22-13)24-17(26)25-30(27,28)12(11-20)15-21-8-7-9-29-15/h10-11,20-21H,7-9H2,1-6H3,(H2,22,23,24,25,26)/b15-12-,20-11?. The first-order valence-electron chi connectivity index (χ1n) is 9.59. The van der Waals surface area contributed by atoms with Crippen molar-refractivity contribution in [3.05, 3.63) is 28.2 Å². The Kier molecular flexibility index (Phi) is 6.75. The summed E-state index contributed by atoms with van der Waals surface area (Å²) in [4.78, 5) is 20.7. The summed E-state index contributed by atoms with van der Waals surface area (Å²) in [5.74, 6) is -0.0614. The van der Waals surface area contributed by atoms with Gasteiger partial charge in [-0.05, 0) is 12.5 Å². The Morgan fingerprint density at radius 1 is 1.17 bits per heavy atom. The molecule has 10 nitrogen and oxygen atoms in total. The van der Waals surface area contributed by atoms with Gasteiger partial charge in [0.15, 0.2) is 4.91 Å². The summed E-state index contributed by atoms with van der Waals surface area (Å²) >= 11 is 0. The second-order valence-corrected chi connectivity index (χ2v) is 10.6. The predicted molar refractivity (Wildman–Crippen MR) is 115 cm³/mol. The topological polar surface area (TPSA) is 146 Å². The summed E-state index contributed by atoms with van der Waals surface area (Å²) < 4.78 is 32.3. The Labute approximate surface area is 177 Å². The van der Waals surface area contributed by atoms with Gasteiger partial charge in [0.2, 0.25) is 11.8 Å². The summed E-state index contributed by atoms with van der Waals surface area (Å²) in [5, 5.41) is 12.6. The molecule has 1 aromatic rings. The van der Waals surface area contributed by atoms with Crippen LogP contribution >= 0.6 is 0 Å². The highest BCUT2D eigenvalue weighted by molar-refractivity contribution is 7.94. The van der Waals surface area contributed by atoms with Gasteiger partial charge in [-0.2, -0.15) is 0 Å². The van der Waals surface area contributed by atoms with E-state index in [0.717, 1.165) is 0 Å². The number of ether oxygens (including phenoxy) is 1. The van der Waals surface area contributed by atoms with E-state index in [1.807, 2.05) is 52.3 Å². The SMILES string of the molecule is CC(C)(C)c1cc(C(C)(C)C)nc(NC(=O)NS(=O)(=O)/C(C=N)=C2/NCCCO2)n1. The molecule has 1 aromatic heterocycles. The van der Waals surface area contributed by atoms with E-state index >= 15 is 0 Å². The lowest BCUT2D eigenvalue weighted by atomic mass is 9.87. The van der Waals surface area contributed by atoms with Crippen molar-refractivity contribution in [2.24, 2.45) is 0 Å². The van der Waals surface area contributed by atoms with Crippen LogP contribution in [0, 0.1) is 5.41 Å². The first-order chi connectivity index (χ1) is 13.7. The molecule has 166 valence electrons. The molecule has 2 amide bonds. The summed E-state index contributed by atoms with van der Waals surface area (Å²) in [5.41, 5.74) is 0.818. The normalized spacial score (nSPS) is 16.7. The van der Waals surface area contributed by atoms with E-state index < -0.39 is 21.0 Å². The lowest BCUT2D eigenvalue weighted by molar-refractivity contribution is 0.157. The van der Waals surface area contributed by atoms with Crippen LogP contribution in [0.15, 0.2) is 16.9 Å². The van der Waals surface area contributed by atoms with Gasteiger partial charge in [0.25, 0.3) is 10.0 Å². The van der Waals surface area contributed by atoms with Gasteiger partial charge in [0, 0.05) is 23.6 Å². The number of carbonyl (C=O) groups is 1. The minimum atomic E-state index is -4.34. The van der Waals surface area contributed by atoms with E-state index in [1.54, 1.807) is 0 Å². The van der Waals surface area contributed by atoms with Crippen LogP contribution in [-0.4, -0.2) is 43.8 Å². The molecule has 0 spiro atoms. The minimum Gasteiger partial charge on any atom is -0.478 e. The zero-order valence-corrected chi connectivity index (χ0v) is 19.0. The lowest BCUT2D eigenvalue weighted by Gasteiger charge is -2.24. The zero-order chi connectivity index (χ0) is 22.7. The number of allylic oxidation sites excluding steroid dienone is 1. The molecule has 2 rings (SSSR count). The molecular weight excluding hydrogens is 408 g/mol. The molecule has 1 aliphatic heterocycles. The van der Waals surface area contributed by atoms with Crippen LogP contribution in [-0.2, 0) is 25.6 Å². The zero-order valence-electron chi connectivity index (χ0n) is 18.2. The van der Waals surface area contributed by atoms with Crippen LogP contribution in [0.4, 0.5) is 10.7 Å². The summed E-state index contributed by atoms with van der Waals surface area (Å²) in [6, 6.07) is 0.848. The smallest absolute Gasteiger partial charge is 0.335 e. The van der Waals surface area contributed by atoms with Crippen LogP contribution in [0.2, 0.25) is 0 Å². The third-order valence-corrected chi connectivity index (χ3v) is 5.55. The Morgan fingerprint density at radius 3 is 2.17 bits per heavy atom. The summed E-state index contributed by atoms with van der Waals surface area (Å²) in [7, 11) is -4.34. The molecule has 1 aliphatic rings. The van der Waals surface area contributed by atoms with E-state index in [1.165, 1.54) is 0 Å². The maximum absolute atomic E-state index is 12.6. The number of nitrogens with zero attached hydrogens (tertiary/aromatic N) is 2. The highest BCUT2D eigenvalue weighted by Gasteiger charge is 2.27. The van der Waals surface area contributed by atoms with Gasteiger partial charge in [-0.1, -0.05) is 41.5 Å². The third-order valence-electron chi connectivity index (χ3n) is 4.21. The average molecular weight is 439 g/mol. The molecule has 11 heteroatoms. The number of amides is 2. The van der Waals surface area contributed by atoms with Crippen LogP contribution in [0.1, 0.15) is 59.4 Å². The van der Waals surface area contributed by atoms with Gasteiger partial charge in [-0.15, -0.1) is 0 Å². The van der Waals surface area contributed by atoms with Gasteiger partial charge in [-0.25, -0.2) is 27.9 Å². The van der Waals surface area contributed by atoms with Crippen LogP contribution in [0.5, 0.6) is 0 Å². The van der Waals surface area contributed by atoms with E-state index in [-0.39, 0.29) is 22.7 Å². The number of sulfonamides is 1. The number of aromatic nitrogens is 2. The number of carbonyl (C=O) groups excluding carboxylic acids is 1. The van der Waals surface area contributed by atoms with Crippen LogP contribution < -0.4 is 15.4 Å². The lowest BCUT2D eigenvalue weighted by Crippen LogP contribution is -2.38. The average Bonchev–Trinajstić information content (AvgIpc) is 2.60. The summed E-state index contributed by atoms with van der Waals surface area (Å²) in [6.45, 7) is 12.7. The Bertz CT molecular complexity index is 918. The van der Waals surface area contributed by atoms with Crippen LogP contribution in [0.3, 0.4) is 0 Å². The third kappa shape index (κ3) is 5.91. The van der Waals surface area contributed by atoms with Crippen molar-refractivity contribution in [3.8, 4) is 0 Å². The largest absolute Gasteiger partial charge is 0.478 e. The predicted octanol–water partition coefficient (Wildman–Crippen LogP) is 2.35.